The summed E-state index contributed by atoms with van der Waals surface area (Å²) in [4.78, 5) is 22.3. The highest BCUT2D eigenvalue weighted by molar-refractivity contribution is 9.10. The first-order valence-corrected chi connectivity index (χ1v) is 11.6. The minimum atomic E-state index is -0.0562. The topological polar surface area (TPSA) is 54.9 Å². The number of nitrogens with zero attached hydrogens (tertiary/aromatic N) is 2. The lowest BCUT2D eigenvalue weighted by atomic mass is 10.1. The van der Waals surface area contributed by atoms with Crippen LogP contribution in [-0.4, -0.2) is 21.6 Å². The SMILES string of the molecule is Cc1ccc(-c2csc3ncnc(SCC(=O)Nc4ccc(Br)cc4C)c23)cc1. The van der Waals surface area contributed by atoms with Crippen molar-refractivity contribution in [3.8, 4) is 11.1 Å². The van der Waals surface area contributed by atoms with Gasteiger partial charge in [-0.15, -0.1) is 11.3 Å². The van der Waals surface area contributed by atoms with Gasteiger partial charge in [0.2, 0.25) is 5.91 Å². The number of aryl methyl sites for hydroxylation is 2. The molecule has 29 heavy (non-hydrogen) atoms. The van der Waals surface area contributed by atoms with Crippen LogP contribution in [0, 0.1) is 13.8 Å². The van der Waals surface area contributed by atoms with Gasteiger partial charge < -0.3 is 5.32 Å². The summed E-state index contributed by atoms with van der Waals surface area (Å²) < 4.78 is 0.992. The number of hydrogen-bond donors (Lipinski definition) is 1. The van der Waals surface area contributed by atoms with Crippen molar-refractivity contribution in [2.75, 3.05) is 11.1 Å². The van der Waals surface area contributed by atoms with Crippen LogP contribution in [-0.2, 0) is 4.79 Å². The Balaban J connectivity index is 1.55. The van der Waals surface area contributed by atoms with Crippen molar-refractivity contribution in [1.29, 1.82) is 0 Å². The summed E-state index contributed by atoms with van der Waals surface area (Å²) in [7, 11) is 0. The molecule has 0 aliphatic rings. The second-order valence-electron chi connectivity index (χ2n) is 6.67. The van der Waals surface area contributed by atoms with Gasteiger partial charge in [0, 0.05) is 21.1 Å². The molecule has 1 N–H and O–H groups in total. The number of thioether (sulfide) groups is 1. The van der Waals surface area contributed by atoms with Crippen LogP contribution >= 0.6 is 39.0 Å². The summed E-state index contributed by atoms with van der Waals surface area (Å²) in [5.41, 5.74) is 5.30. The van der Waals surface area contributed by atoms with E-state index in [1.54, 1.807) is 17.7 Å². The third-order valence-corrected chi connectivity index (χ3v) is 6.87. The van der Waals surface area contributed by atoms with E-state index in [2.05, 4.69) is 67.8 Å². The molecule has 0 bridgehead atoms. The molecule has 2 heterocycles. The van der Waals surface area contributed by atoms with Gasteiger partial charge in [0.15, 0.2) is 0 Å². The molecule has 0 spiro atoms. The molecule has 0 atom stereocenters. The van der Waals surface area contributed by atoms with Crippen molar-refractivity contribution in [1.82, 2.24) is 9.97 Å². The molecular weight excluding hydrogens is 466 g/mol. The lowest BCUT2D eigenvalue weighted by molar-refractivity contribution is -0.113. The van der Waals surface area contributed by atoms with Crippen LogP contribution in [0.3, 0.4) is 0 Å². The van der Waals surface area contributed by atoms with Crippen LogP contribution < -0.4 is 5.32 Å². The number of rotatable bonds is 5. The Morgan fingerprint density at radius 2 is 1.93 bits per heavy atom. The normalized spacial score (nSPS) is 11.0. The summed E-state index contributed by atoms with van der Waals surface area (Å²) in [6, 6.07) is 14.2. The molecule has 0 unspecified atom stereocenters. The number of halogens is 1. The Kier molecular flexibility index (Phi) is 5.99. The van der Waals surface area contributed by atoms with Crippen LogP contribution in [0.1, 0.15) is 11.1 Å². The van der Waals surface area contributed by atoms with E-state index in [4.69, 9.17) is 0 Å². The van der Waals surface area contributed by atoms with Crippen LogP contribution in [0.4, 0.5) is 5.69 Å². The van der Waals surface area contributed by atoms with Crippen LogP contribution in [0.2, 0.25) is 0 Å². The Morgan fingerprint density at radius 3 is 2.69 bits per heavy atom. The largest absolute Gasteiger partial charge is 0.325 e. The molecule has 0 fully saturated rings. The second kappa shape index (κ2) is 8.65. The molecule has 0 saturated heterocycles. The zero-order valence-electron chi connectivity index (χ0n) is 15.9. The quantitative estimate of drug-likeness (QED) is 0.261. The maximum atomic E-state index is 12.5. The number of hydrogen-bond acceptors (Lipinski definition) is 5. The number of fused-ring (bicyclic) bond motifs is 1. The van der Waals surface area contributed by atoms with Gasteiger partial charge in [0.25, 0.3) is 0 Å². The van der Waals surface area contributed by atoms with E-state index in [0.29, 0.717) is 0 Å². The third-order valence-electron chi connectivity index (χ3n) is 4.50. The standard InChI is InChI=1S/C22H18BrN3OS2/c1-13-3-5-15(6-4-13)17-10-28-21-20(17)22(25-12-24-21)29-11-19(27)26-18-8-7-16(23)9-14(18)2/h3-10,12H,11H2,1-2H3,(H,26,27). The lowest BCUT2D eigenvalue weighted by Gasteiger charge is -2.09. The first kappa shape index (κ1) is 20.1. The maximum absolute atomic E-state index is 12.5. The van der Waals surface area contributed by atoms with E-state index in [1.807, 2.05) is 25.1 Å². The molecular formula is C22H18BrN3OS2. The number of carbonyl (C=O) groups is 1. The number of thiophene rings is 1. The molecule has 4 rings (SSSR count). The average molecular weight is 484 g/mol. The third kappa shape index (κ3) is 4.52. The fourth-order valence-corrected chi connectivity index (χ4v) is 5.26. The minimum absolute atomic E-state index is 0.0562. The van der Waals surface area contributed by atoms with E-state index in [0.717, 1.165) is 42.1 Å². The predicted molar refractivity (Wildman–Crippen MR) is 126 cm³/mol. The molecule has 1 amide bonds. The molecule has 7 heteroatoms. The van der Waals surface area contributed by atoms with E-state index in [1.165, 1.54) is 17.3 Å². The Hall–Kier alpha value is -2.22. The fraction of sp³-hybridized carbons (Fsp3) is 0.136. The van der Waals surface area contributed by atoms with E-state index in [-0.39, 0.29) is 11.7 Å². The van der Waals surface area contributed by atoms with Crippen molar-refractivity contribution in [2.45, 2.75) is 18.9 Å². The van der Waals surface area contributed by atoms with Gasteiger partial charge in [-0.05, 0) is 43.2 Å². The predicted octanol–water partition coefficient (Wildman–Crippen LogP) is 6.47. The van der Waals surface area contributed by atoms with Gasteiger partial charge >= 0.3 is 0 Å². The number of benzene rings is 2. The number of amides is 1. The van der Waals surface area contributed by atoms with Gasteiger partial charge in [0.05, 0.1) is 11.1 Å². The summed E-state index contributed by atoms with van der Waals surface area (Å²) in [5.74, 6) is 0.226. The molecule has 146 valence electrons. The van der Waals surface area contributed by atoms with Crippen LogP contribution in [0.15, 0.2) is 63.7 Å². The van der Waals surface area contributed by atoms with Crippen molar-refractivity contribution in [3.05, 3.63) is 69.8 Å². The highest BCUT2D eigenvalue weighted by atomic mass is 79.9. The van der Waals surface area contributed by atoms with Gasteiger partial charge in [-0.25, -0.2) is 9.97 Å². The number of nitrogens with one attached hydrogen (secondary N) is 1. The Bertz CT molecular complexity index is 1190. The van der Waals surface area contributed by atoms with Crippen molar-refractivity contribution < 1.29 is 4.79 Å². The second-order valence-corrected chi connectivity index (χ2v) is 9.41. The zero-order chi connectivity index (χ0) is 20.4. The van der Waals surface area contributed by atoms with E-state index >= 15 is 0 Å². The number of aromatic nitrogens is 2. The van der Waals surface area contributed by atoms with Gasteiger partial charge in [-0.1, -0.05) is 57.5 Å². The van der Waals surface area contributed by atoms with Gasteiger partial charge in [0.1, 0.15) is 16.2 Å². The highest BCUT2D eigenvalue weighted by Gasteiger charge is 2.15. The monoisotopic (exact) mass is 483 g/mol. The summed E-state index contributed by atoms with van der Waals surface area (Å²) in [5, 5.41) is 6.93. The van der Waals surface area contributed by atoms with Crippen molar-refractivity contribution in [2.24, 2.45) is 0 Å². The molecule has 2 aromatic carbocycles. The minimum Gasteiger partial charge on any atom is -0.325 e. The summed E-state index contributed by atoms with van der Waals surface area (Å²) in [6.45, 7) is 4.05. The first-order valence-electron chi connectivity index (χ1n) is 8.99. The molecule has 0 aliphatic heterocycles. The van der Waals surface area contributed by atoms with Gasteiger partial charge in [-0.3, -0.25) is 4.79 Å². The Morgan fingerprint density at radius 1 is 1.14 bits per heavy atom. The van der Waals surface area contributed by atoms with Crippen LogP contribution in [0.25, 0.3) is 21.3 Å². The lowest BCUT2D eigenvalue weighted by Crippen LogP contribution is -2.15. The van der Waals surface area contributed by atoms with Crippen molar-refractivity contribution >= 4 is 60.8 Å². The number of anilines is 1. The highest BCUT2D eigenvalue weighted by Crippen LogP contribution is 2.37. The fourth-order valence-electron chi connectivity index (χ4n) is 2.99. The zero-order valence-corrected chi connectivity index (χ0v) is 19.1. The van der Waals surface area contributed by atoms with E-state index < -0.39 is 0 Å². The maximum Gasteiger partial charge on any atom is 0.234 e. The first-order chi connectivity index (χ1) is 14.0. The molecule has 4 nitrogen and oxygen atoms in total. The molecule has 0 aliphatic carbocycles. The average Bonchev–Trinajstić information content (AvgIpc) is 3.14. The molecule has 0 radical (unpaired) electrons. The smallest absolute Gasteiger partial charge is 0.234 e. The van der Waals surface area contributed by atoms with Crippen LogP contribution in [0.5, 0.6) is 0 Å². The summed E-state index contributed by atoms with van der Waals surface area (Å²) >= 11 is 6.48. The molecule has 2 aromatic heterocycles. The van der Waals surface area contributed by atoms with Crippen molar-refractivity contribution in [3.63, 3.8) is 0 Å². The summed E-state index contributed by atoms with van der Waals surface area (Å²) in [6.07, 6.45) is 1.57. The number of carbonyl (C=O) groups excluding carboxylic acids is 1. The van der Waals surface area contributed by atoms with E-state index in [9.17, 15) is 4.79 Å². The molecule has 4 aromatic rings. The molecule has 0 saturated carbocycles. The van der Waals surface area contributed by atoms with Gasteiger partial charge in [-0.2, -0.15) is 0 Å². The Labute approximate surface area is 185 Å².